The Bertz CT molecular complexity index is 223. The zero-order valence-electron chi connectivity index (χ0n) is 5.64. The number of benzene rings is 1. The summed E-state index contributed by atoms with van der Waals surface area (Å²) in [6, 6.07) is 8.11. The maximum atomic E-state index is 8.50. The topological polar surface area (TPSA) is 69.9 Å². The van der Waals surface area contributed by atoms with E-state index in [0.29, 0.717) is 0 Å². The third-order valence-electron chi connectivity index (χ3n) is 0.998. The average molecular weight is 196 g/mol. The second-order valence-corrected chi connectivity index (χ2v) is 3.34. The fourth-order valence-electron chi connectivity index (χ4n) is 0.647. The average Bonchev–Trinajstić information content (AvgIpc) is 1.85. The second-order valence-electron chi connectivity index (χ2n) is 1.99. The van der Waals surface area contributed by atoms with Crippen LogP contribution < -0.4 is 4.43 Å². The van der Waals surface area contributed by atoms with Crippen LogP contribution in [0.3, 0.4) is 0 Å². The predicted molar refractivity (Wildman–Crippen MR) is 46.6 cm³/mol. The van der Waals surface area contributed by atoms with Crippen molar-refractivity contribution in [2.24, 2.45) is 0 Å². The van der Waals surface area contributed by atoms with Crippen molar-refractivity contribution < 1.29 is 18.8 Å². The molecular formula is C6H9NaO4Si. The van der Waals surface area contributed by atoms with Crippen LogP contribution >= 0.6 is 0 Å². The summed E-state index contributed by atoms with van der Waals surface area (Å²) >= 11 is 0. The first-order chi connectivity index (χ1) is 5.08. The van der Waals surface area contributed by atoms with Gasteiger partial charge in [0.2, 0.25) is 0 Å². The molecule has 0 saturated heterocycles. The van der Waals surface area contributed by atoms with E-state index in [9.17, 15) is 0 Å². The second kappa shape index (κ2) is 4.98. The molecule has 1 aromatic carbocycles. The third kappa shape index (κ3) is 4.89. The summed E-state index contributed by atoms with van der Waals surface area (Å²) < 4.78 is 4.41. The zero-order chi connectivity index (χ0) is 8.32. The van der Waals surface area contributed by atoms with Gasteiger partial charge in [-0.25, -0.2) is 0 Å². The molecule has 0 spiro atoms. The summed E-state index contributed by atoms with van der Waals surface area (Å²) in [6.45, 7) is 0. The van der Waals surface area contributed by atoms with E-state index >= 15 is 0 Å². The van der Waals surface area contributed by atoms with Gasteiger partial charge >= 0.3 is 38.6 Å². The number of para-hydroxylation sites is 1. The molecule has 4 nitrogen and oxygen atoms in total. The fraction of sp³-hybridized carbons (Fsp3) is 0. The van der Waals surface area contributed by atoms with E-state index in [2.05, 4.69) is 4.43 Å². The molecule has 12 heavy (non-hydrogen) atoms. The van der Waals surface area contributed by atoms with Crippen molar-refractivity contribution in [1.82, 2.24) is 0 Å². The summed E-state index contributed by atoms with van der Waals surface area (Å²) in [5.74, 6) is 0.242. The zero-order valence-corrected chi connectivity index (χ0v) is 6.64. The van der Waals surface area contributed by atoms with Crippen molar-refractivity contribution in [1.29, 1.82) is 0 Å². The predicted octanol–water partition coefficient (Wildman–Crippen LogP) is -1.17. The molecule has 0 aliphatic heterocycles. The van der Waals surface area contributed by atoms with Gasteiger partial charge in [0.05, 0.1) is 0 Å². The van der Waals surface area contributed by atoms with Gasteiger partial charge in [-0.1, -0.05) is 18.2 Å². The quantitative estimate of drug-likeness (QED) is 0.521. The molecule has 0 aromatic heterocycles. The first-order valence-corrected chi connectivity index (χ1v) is 4.74. The Morgan fingerprint density at radius 3 is 1.92 bits per heavy atom. The van der Waals surface area contributed by atoms with Gasteiger partial charge in [0, 0.05) is 0 Å². The van der Waals surface area contributed by atoms with Gasteiger partial charge < -0.3 is 18.8 Å². The SMILES string of the molecule is O[Si](O)(O)Oc1ccccc1.[NaH]. The van der Waals surface area contributed by atoms with Crippen LogP contribution in [-0.2, 0) is 0 Å². The van der Waals surface area contributed by atoms with Crippen LogP contribution in [0.4, 0.5) is 0 Å². The molecule has 0 atom stereocenters. The van der Waals surface area contributed by atoms with Crippen LogP contribution in [-0.4, -0.2) is 53.0 Å². The molecule has 0 aliphatic carbocycles. The van der Waals surface area contributed by atoms with Crippen molar-refractivity contribution >= 4 is 38.6 Å². The Hall–Kier alpha value is 0.117. The summed E-state index contributed by atoms with van der Waals surface area (Å²) in [6.07, 6.45) is 0. The molecule has 0 heterocycles. The van der Waals surface area contributed by atoms with Crippen LogP contribution in [0.15, 0.2) is 30.3 Å². The van der Waals surface area contributed by atoms with Crippen LogP contribution in [0.25, 0.3) is 0 Å². The van der Waals surface area contributed by atoms with E-state index in [4.69, 9.17) is 14.4 Å². The molecule has 0 radical (unpaired) electrons. The molecule has 0 unspecified atom stereocenters. The molecule has 0 aliphatic rings. The van der Waals surface area contributed by atoms with E-state index in [1.54, 1.807) is 18.2 Å². The number of hydrogen-bond acceptors (Lipinski definition) is 4. The molecule has 1 aromatic rings. The standard InChI is InChI=1S/C6H8O4Si.Na.H/c7-11(8,9)10-6-4-2-1-3-5-6;;/h1-5,7-9H;;. The van der Waals surface area contributed by atoms with Gasteiger partial charge in [0.15, 0.2) is 0 Å². The Labute approximate surface area is 93.2 Å². The monoisotopic (exact) mass is 196 g/mol. The van der Waals surface area contributed by atoms with Crippen molar-refractivity contribution in [2.45, 2.75) is 0 Å². The molecular weight excluding hydrogens is 187 g/mol. The van der Waals surface area contributed by atoms with Crippen molar-refractivity contribution in [3.05, 3.63) is 30.3 Å². The van der Waals surface area contributed by atoms with Crippen LogP contribution in [0.5, 0.6) is 5.75 Å². The molecule has 0 bridgehead atoms. The van der Waals surface area contributed by atoms with Crippen molar-refractivity contribution in [3.63, 3.8) is 0 Å². The Morgan fingerprint density at radius 2 is 1.50 bits per heavy atom. The summed E-state index contributed by atoms with van der Waals surface area (Å²) in [7, 11) is -4.40. The molecule has 3 N–H and O–H groups in total. The molecule has 6 heteroatoms. The van der Waals surface area contributed by atoms with E-state index in [-0.39, 0.29) is 35.3 Å². The van der Waals surface area contributed by atoms with Crippen LogP contribution in [0, 0.1) is 0 Å². The van der Waals surface area contributed by atoms with E-state index in [0.717, 1.165) is 0 Å². The fourth-order valence-corrected chi connectivity index (χ4v) is 1.10. The van der Waals surface area contributed by atoms with Crippen LogP contribution in [0.1, 0.15) is 0 Å². The van der Waals surface area contributed by atoms with Gasteiger partial charge in [-0.3, -0.25) is 0 Å². The van der Waals surface area contributed by atoms with Gasteiger partial charge in [0.25, 0.3) is 0 Å². The Balaban J connectivity index is 0.00000121. The van der Waals surface area contributed by atoms with Crippen molar-refractivity contribution in [3.8, 4) is 5.75 Å². The van der Waals surface area contributed by atoms with Crippen LogP contribution in [0.2, 0.25) is 0 Å². The molecule has 0 fully saturated rings. The third-order valence-corrected chi connectivity index (χ3v) is 1.51. The van der Waals surface area contributed by atoms with E-state index in [1.165, 1.54) is 12.1 Å². The van der Waals surface area contributed by atoms with Gasteiger partial charge in [-0.15, -0.1) is 0 Å². The molecule has 1 rings (SSSR count). The van der Waals surface area contributed by atoms with Gasteiger partial charge in [-0.05, 0) is 12.1 Å². The maximum absolute atomic E-state index is 8.50. The molecule has 0 amide bonds. The Kier molecular flexibility index (Phi) is 5.03. The van der Waals surface area contributed by atoms with Gasteiger partial charge in [0.1, 0.15) is 5.75 Å². The number of rotatable bonds is 2. The first kappa shape index (κ1) is 12.1. The van der Waals surface area contributed by atoms with Crippen molar-refractivity contribution in [2.75, 3.05) is 0 Å². The minimum atomic E-state index is -4.40. The normalized spacial score (nSPS) is 10.2. The summed E-state index contributed by atoms with van der Waals surface area (Å²) in [5, 5.41) is 0. The molecule has 62 valence electrons. The van der Waals surface area contributed by atoms with Gasteiger partial charge in [-0.2, -0.15) is 0 Å². The summed E-state index contributed by atoms with van der Waals surface area (Å²) in [5.41, 5.74) is 0. The van der Waals surface area contributed by atoms with E-state index in [1.807, 2.05) is 0 Å². The summed E-state index contributed by atoms with van der Waals surface area (Å²) in [4.78, 5) is 25.5. The minimum absolute atomic E-state index is 0. The van der Waals surface area contributed by atoms with E-state index < -0.39 is 9.05 Å². The first-order valence-electron chi connectivity index (χ1n) is 2.99. The number of hydrogen-bond donors (Lipinski definition) is 3. The Morgan fingerprint density at radius 1 is 1.00 bits per heavy atom. The molecule has 0 saturated carbocycles.